The SMILES string of the molecule is CCCCO[C@@H]1OC2COC(c3ccccc3)O[C@@H]2C(O)C1O. The maximum absolute atomic E-state index is 10.4. The average Bonchev–Trinajstić information content (AvgIpc) is 2.60. The molecule has 0 bridgehead atoms. The third-order valence-electron chi connectivity index (χ3n) is 4.19. The Labute approximate surface area is 135 Å². The van der Waals surface area contributed by atoms with Crippen LogP contribution in [0.1, 0.15) is 31.6 Å². The molecule has 0 spiro atoms. The molecule has 6 heteroatoms. The van der Waals surface area contributed by atoms with E-state index in [0.29, 0.717) is 6.61 Å². The highest BCUT2D eigenvalue weighted by molar-refractivity contribution is 5.16. The molecule has 2 N–H and O–H groups in total. The van der Waals surface area contributed by atoms with Crippen molar-refractivity contribution in [3.63, 3.8) is 0 Å². The van der Waals surface area contributed by atoms with Crippen molar-refractivity contribution in [1.82, 2.24) is 0 Å². The fourth-order valence-corrected chi connectivity index (χ4v) is 2.84. The second-order valence-corrected chi connectivity index (χ2v) is 5.93. The molecule has 128 valence electrons. The molecular weight excluding hydrogens is 300 g/mol. The van der Waals surface area contributed by atoms with Gasteiger partial charge in [-0.2, -0.15) is 0 Å². The standard InChI is InChI=1S/C17H24O6/c1-2-3-9-20-17-14(19)13(18)15-12(22-17)10-21-16(23-15)11-7-5-4-6-8-11/h4-8,12-19H,2-3,9-10H2,1H3/t12?,13?,14?,15-,16?,17+/m0/s1. The molecule has 2 saturated heterocycles. The van der Waals surface area contributed by atoms with Crippen molar-refractivity contribution in [3.05, 3.63) is 35.9 Å². The molecule has 0 radical (unpaired) electrons. The molecule has 0 aliphatic carbocycles. The highest BCUT2D eigenvalue weighted by Gasteiger charge is 2.49. The molecule has 6 nitrogen and oxygen atoms in total. The van der Waals surface area contributed by atoms with Crippen LogP contribution in [0.25, 0.3) is 0 Å². The highest BCUT2D eigenvalue weighted by Crippen LogP contribution is 2.34. The van der Waals surface area contributed by atoms with E-state index in [9.17, 15) is 10.2 Å². The Hall–Kier alpha value is -1.02. The summed E-state index contributed by atoms with van der Waals surface area (Å²) in [6.07, 6.45) is -2.87. The number of unbranched alkanes of at least 4 members (excludes halogenated alkanes) is 1. The Balaban J connectivity index is 1.63. The molecule has 0 aromatic heterocycles. The second kappa shape index (κ2) is 7.70. The average molecular weight is 324 g/mol. The quantitative estimate of drug-likeness (QED) is 0.797. The predicted octanol–water partition coefficient (Wildman–Crippen LogP) is 1.36. The van der Waals surface area contributed by atoms with Gasteiger partial charge in [-0.05, 0) is 6.42 Å². The molecule has 4 unspecified atom stereocenters. The predicted molar refractivity (Wildman–Crippen MR) is 81.5 cm³/mol. The van der Waals surface area contributed by atoms with Crippen LogP contribution in [0.15, 0.2) is 30.3 Å². The summed E-state index contributed by atoms with van der Waals surface area (Å²) in [4.78, 5) is 0. The first-order valence-electron chi connectivity index (χ1n) is 8.16. The lowest BCUT2D eigenvalue weighted by Gasteiger charge is -2.46. The number of hydrogen-bond acceptors (Lipinski definition) is 6. The van der Waals surface area contributed by atoms with Gasteiger partial charge >= 0.3 is 0 Å². The van der Waals surface area contributed by atoms with Gasteiger partial charge in [-0.1, -0.05) is 43.7 Å². The van der Waals surface area contributed by atoms with Crippen molar-refractivity contribution in [2.75, 3.05) is 13.2 Å². The summed E-state index contributed by atoms with van der Waals surface area (Å²) in [7, 11) is 0. The third kappa shape index (κ3) is 3.74. The van der Waals surface area contributed by atoms with E-state index in [0.717, 1.165) is 18.4 Å². The summed E-state index contributed by atoms with van der Waals surface area (Å²) in [5.41, 5.74) is 0.869. The van der Waals surface area contributed by atoms with Crippen LogP contribution < -0.4 is 0 Å². The monoisotopic (exact) mass is 324 g/mol. The summed E-state index contributed by atoms with van der Waals surface area (Å²) in [5, 5.41) is 20.6. The Morgan fingerprint density at radius 3 is 2.65 bits per heavy atom. The molecule has 1 aromatic carbocycles. The number of ether oxygens (including phenoxy) is 4. The Kier molecular flexibility index (Phi) is 5.63. The van der Waals surface area contributed by atoms with Crippen molar-refractivity contribution in [2.24, 2.45) is 0 Å². The van der Waals surface area contributed by atoms with E-state index < -0.39 is 37.0 Å². The Bertz CT molecular complexity index is 479. The topological polar surface area (TPSA) is 77.4 Å². The Morgan fingerprint density at radius 2 is 1.91 bits per heavy atom. The molecule has 2 aliphatic rings. The normalized spacial score (nSPS) is 37.3. The number of aliphatic hydroxyl groups is 2. The molecule has 0 saturated carbocycles. The zero-order valence-corrected chi connectivity index (χ0v) is 13.2. The summed E-state index contributed by atoms with van der Waals surface area (Å²) in [6, 6.07) is 9.50. The summed E-state index contributed by atoms with van der Waals surface area (Å²) in [5.74, 6) is 0. The first-order valence-corrected chi connectivity index (χ1v) is 8.16. The van der Waals surface area contributed by atoms with E-state index in [1.165, 1.54) is 0 Å². The smallest absolute Gasteiger partial charge is 0.186 e. The molecular formula is C17H24O6. The van der Waals surface area contributed by atoms with Gasteiger partial charge in [0, 0.05) is 12.2 Å². The van der Waals surface area contributed by atoms with Crippen molar-refractivity contribution in [2.45, 2.75) is 56.8 Å². The number of benzene rings is 1. The van der Waals surface area contributed by atoms with Gasteiger partial charge < -0.3 is 29.2 Å². The number of fused-ring (bicyclic) bond motifs is 1. The fourth-order valence-electron chi connectivity index (χ4n) is 2.84. The van der Waals surface area contributed by atoms with Crippen LogP contribution in [-0.4, -0.2) is 54.1 Å². The minimum Gasteiger partial charge on any atom is -0.387 e. The highest BCUT2D eigenvalue weighted by atomic mass is 16.8. The summed E-state index contributed by atoms with van der Waals surface area (Å²) < 4.78 is 22.8. The van der Waals surface area contributed by atoms with E-state index in [2.05, 4.69) is 6.92 Å². The van der Waals surface area contributed by atoms with Gasteiger partial charge in [0.15, 0.2) is 12.6 Å². The lowest BCUT2D eigenvalue weighted by molar-refractivity contribution is -0.361. The van der Waals surface area contributed by atoms with Crippen LogP contribution in [0.2, 0.25) is 0 Å². The van der Waals surface area contributed by atoms with Crippen LogP contribution in [0.3, 0.4) is 0 Å². The molecule has 3 rings (SSSR count). The molecule has 0 amide bonds. The molecule has 2 heterocycles. The lowest BCUT2D eigenvalue weighted by atomic mass is 9.98. The molecule has 2 fully saturated rings. The molecule has 23 heavy (non-hydrogen) atoms. The fraction of sp³-hybridized carbons (Fsp3) is 0.647. The van der Waals surface area contributed by atoms with E-state index in [1.54, 1.807) is 0 Å². The Morgan fingerprint density at radius 1 is 1.13 bits per heavy atom. The van der Waals surface area contributed by atoms with Gasteiger partial charge in [0.1, 0.15) is 24.4 Å². The second-order valence-electron chi connectivity index (χ2n) is 5.93. The van der Waals surface area contributed by atoms with E-state index in [-0.39, 0.29) is 6.61 Å². The minimum absolute atomic E-state index is 0.279. The van der Waals surface area contributed by atoms with Crippen LogP contribution in [0, 0.1) is 0 Å². The molecule has 2 aliphatic heterocycles. The summed E-state index contributed by atoms with van der Waals surface area (Å²) >= 11 is 0. The number of hydrogen-bond donors (Lipinski definition) is 2. The van der Waals surface area contributed by atoms with E-state index in [1.807, 2.05) is 30.3 Å². The van der Waals surface area contributed by atoms with E-state index in [4.69, 9.17) is 18.9 Å². The summed E-state index contributed by atoms with van der Waals surface area (Å²) in [6.45, 7) is 2.82. The maximum atomic E-state index is 10.4. The van der Waals surface area contributed by atoms with Gasteiger partial charge in [-0.25, -0.2) is 0 Å². The van der Waals surface area contributed by atoms with Crippen molar-refractivity contribution >= 4 is 0 Å². The third-order valence-corrected chi connectivity index (χ3v) is 4.19. The maximum Gasteiger partial charge on any atom is 0.186 e. The van der Waals surface area contributed by atoms with Crippen molar-refractivity contribution < 1.29 is 29.2 Å². The van der Waals surface area contributed by atoms with Crippen LogP contribution in [0.4, 0.5) is 0 Å². The zero-order chi connectivity index (χ0) is 16.2. The van der Waals surface area contributed by atoms with Crippen molar-refractivity contribution in [3.8, 4) is 0 Å². The first kappa shape index (κ1) is 16.8. The first-order chi connectivity index (χ1) is 11.2. The molecule has 6 atom stereocenters. The van der Waals surface area contributed by atoms with Crippen LogP contribution in [0.5, 0.6) is 0 Å². The number of rotatable bonds is 5. The van der Waals surface area contributed by atoms with Gasteiger partial charge in [0.05, 0.1) is 6.61 Å². The minimum atomic E-state index is -1.14. The zero-order valence-electron chi connectivity index (χ0n) is 13.2. The van der Waals surface area contributed by atoms with E-state index >= 15 is 0 Å². The largest absolute Gasteiger partial charge is 0.387 e. The van der Waals surface area contributed by atoms with Gasteiger partial charge in [-0.3, -0.25) is 0 Å². The number of aliphatic hydroxyl groups excluding tert-OH is 2. The van der Waals surface area contributed by atoms with Gasteiger partial charge in [0.2, 0.25) is 0 Å². The van der Waals surface area contributed by atoms with Gasteiger partial charge in [0.25, 0.3) is 0 Å². The van der Waals surface area contributed by atoms with Crippen LogP contribution >= 0.6 is 0 Å². The lowest BCUT2D eigenvalue weighted by Crippen LogP contribution is -2.62. The van der Waals surface area contributed by atoms with Crippen LogP contribution in [-0.2, 0) is 18.9 Å². The molecule has 1 aromatic rings. The van der Waals surface area contributed by atoms with Crippen molar-refractivity contribution in [1.29, 1.82) is 0 Å². The van der Waals surface area contributed by atoms with Gasteiger partial charge in [-0.15, -0.1) is 0 Å².